The van der Waals surface area contributed by atoms with Gasteiger partial charge in [0.1, 0.15) is 5.75 Å². The molecule has 0 aliphatic carbocycles. The number of aliphatic hydroxyl groups excluding tert-OH is 1. The Hall–Kier alpha value is -0.710. The molecule has 0 amide bonds. The maximum atomic E-state index is 9.69. The van der Waals surface area contributed by atoms with E-state index in [9.17, 15) is 10.2 Å². The molecule has 1 aromatic rings. The normalized spacial score (nSPS) is 12.8. The van der Waals surface area contributed by atoms with E-state index in [1.165, 1.54) is 0 Å². The SMILES string of the molecule is CNCCC(O)c1ccc(S)c(O)c1. The molecule has 0 bridgehead atoms. The van der Waals surface area contributed by atoms with Crippen molar-refractivity contribution in [2.45, 2.75) is 17.4 Å². The molecule has 0 aromatic heterocycles. The van der Waals surface area contributed by atoms with Crippen LogP contribution in [0, 0.1) is 0 Å². The van der Waals surface area contributed by atoms with E-state index in [1.54, 1.807) is 18.2 Å². The fraction of sp³-hybridized carbons (Fsp3) is 0.400. The van der Waals surface area contributed by atoms with Crippen LogP contribution in [0.4, 0.5) is 0 Å². The van der Waals surface area contributed by atoms with Crippen molar-refractivity contribution >= 4 is 12.6 Å². The number of aromatic hydroxyl groups is 1. The van der Waals surface area contributed by atoms with Crippen molar-refractivity contribution in [3.05, 3.63) is 23.8 Å². The molecular weight excluding hydrogens is 198 g/mol. The Morgan fingerprint density at radius 1 is 1.50 bits per heavy atom. The van der Waals surface area contributed by atoms with E-state index in [-0.39, 0.29) is 5.75 Å². The Bertz CT molecular complexity index is 304. The number of rotatable bonds is 4. The van der Waals surface area contributed by atoms with Gasteiger partial charge in [-0.15, -0.1) is 12.6 Å². The molecule has 0 fully saturated rings. The van der Waals surface area contributed by atoms with Crippen LogP contribution in [0.3, 0.4) is 0 Å². The fourth-order valence-corrected chi connectivity index (χ4v) is 1.33. The van der Waals surface area contributed by atoms with Crippen LogP contribution in [-0.2, 0) is 0 Å². The average Bonchev–Trinajstić information content (AvgIpc) is 2.18. The summed E-state index contributed by atoms with van der Waals surface area (Å²) in [6, 6.07) is 4.99. The molecule has 0 heterocycles. The molecular formula is C10H15NO2S. The third-order valence-corrected chi connectivity index (χ3v) is 2.43. The Kier molecular flexibility index (Phi) is 4.25. The lowest BCUT2D eigenvalue weighted by Gasteiger charge is -2.11. The number of hydrogen-bond acceptors (Lipinski definition) is 4. The standard InChI is InChI=1S/C10H15NO2S/c1-11-5-4-8(12)7-2-3-10(14)9(13)6-7/h2-3,6,8,11-14H,4-5H2,1H3. The molecule has 0 spiro atoms. The highest BCUT2D eigenvalue weighted by atomic mass is 32.1. The van der Waals surface area contributed by atoms with E-state index in [2.05, 4.69) is 17.9 Å². The first-order valence-electron chi connectivity index (χ1n) is 4.49. The van der Waals surface area contributed by atoms with Crippen molar-refractivity contribution in [3.8, 4) is 5.75 Å². The van der Waals surface area contributed by atoms with Gasteiger partial charge in [-0.2, -0.15) is 0 Å². The summed E-state index contributed by atoms with van der Waals surface area (Å²) in [5, 5.41) is 22.0. The first kappa shape index (κ1) is 11.4. The minimum absolute atomic E-state index is 0.106. The van der Waals surface area contributed by atoms with Crippen molar-refractivity contribution in [1.29, 1.82) is 0 Å². The number of nitrogens with one attached hydrogen (secondary N) is 1. The number of phenols is 1. The van der Waals surface area contributed by atoms with Gasteiger partial charge in [0.15, 0.2) is 0 Å². The van der Waals surface area contributed by atoms with Gasteiger partial charge in [-0.25, -0.2) is 0 Å². The molecule has 4 heteroatoms. The highest BCUT2D eigenvalue weighted by Crippen LogP contribution is 2.26. The zero-order valence-electron chi connectivity index (χ0n) is 8.07. The van der Waals surface area contributed by atoms with Crippen LogP contribution in [0.2, 0.25) is 0 Å². The number of phenolic OH excluding ortho intramolecular Hbond substituents is 1. The van der Waals surface area contributed by atoms with Crippen LogP contribution in [0.25, 0.3) is 0 Å². The Morgan fingerprint density at radius 3 is 2.79 bits per heavy atom. The monoisotopic (exact) mass is 213 g/mol. The summed E-state index contributed by atoms with van der Waals surface area (Å²) < 4.78 is 0. The summed E-state index contributed by atoms with van der Waals surface area (Å²) in [5.41, 5.74) is 0.718. The maximum absolute atomic E-state index is 9.69. The lowest BCUT2D eigenvalue weighted by atomic mass is 10.1. The third-order valence-electron chi connectivity index (χ3n) is 2.05. The van der Waals surface area contributed by atoms with Crippen LogP contribution < -0.4 is 5.32 Å². The zero-order valence-corrected chi connectivity index (χ0v) is 8.96. The first-order valence-corrected chi connectivity index (χ1v) is 4.94. The van der Waals surface area contributed by atoms with Gasteiger partial charge in [0.25, 0.3) is 0 Å². The zero-order chi connectivity index (χ0) is 10.6. The van der Waals surface area contributed by atoms with E-state index >= 15 is 0 Å². The molecule has 78 valence electrons. The minimum Gasteiger partial charge on any atom is -0.507 e. The largest absolute Gasteiger partial charge is 0.507 e. The summed E-state index contributed by atoms with van der Waals surface area (Å²) in [7, 11) is 1.83. The van der Waals surface area contributed by atoms with Crippen molar-refractivity contribution in [1.82, 2.24) is 5.32 Å². The number of benzene rings is 1. The molecule has 0 aliphatic rings. The summed E-state index contributed by atoms with van der Waals surface area (Å²) in [5.74, 6) is 0.106. The lowest BCUT2D eigenvalue weighted by molar-refractivity contribution is 0.167. The van der Waals surface area contributed by atoms with Gasteiger partial charge >= 0.3 is 0 Å². The second-order valence-corrected chi connectivity index (χ2v) is 3.64. The van der Waals surface area contributed by atoms with Gasteiger partial charge in [0, 0.05) is 4.90 Å². The van der Waals surface area contributed by atoms with Crippen LogP contribution in [0.5, 0.6) is 5.75 Å². The lowest BCUT2D eigenvalue weighted by Crippen LogP contribution is -2.11. The van der Waals surface area contributed by atoms with Crippen molar-refractivity contribution in [2.75, 3.05) is 13.6 Å². The van der Waals surface area contributed by atoms with Crippen molar-refractivity contribution in [2.24, 2.45) is 0 Å². The van der Waals surface area contributed by atoms with Gasteiger partial charge in [-0.1, -0.05) is 6.07 Å². The first-order chi connectivity index (χ1) is 6.65. The van der Waals surface area contributed by atoms with Crippen LogP contribution in [0.15, 0.2) is 23.1 Å². The molecule has 0 saturated heterocycles. The maximum Gasteiger partial charge on any atom is 0.129 e. The average molecular weight is 213 g/mol. The molecule has 0 saturated carbocycles. The van der Waals surface area contributed by atoms with Crippen LogP contribution >= 0.6 is 12.6 Å². The van der Waals surface area contributed by atoms with Gasteiger partial charge < -0.3 is 15.5 Å². The summed E-state index contributed by atoms with van der Waals surface area (Å²) in [6.07, 6.45) is 0.0873. The van der Waals surface area contributed by atoms with Crippen LogP contribution in [-0.4, -0.2) is 23.8 Å². The van der Waals surface area contributed by atoms with Crippen molar-refractivity contribution < 1.29 is 10.2 Å². The van der Waals surface area contributed by atoms with E-state index in [0.29, 0.717) is 11.3 Å². The predicted octanol–water partition coefficient (Wildman–Crippen LogP) is 1.32. The second kappa shape index (κ2) is 5.24. The Balaban J connectivity index is 2.70. The van der Waals surface area contributed by atoms with Gasteiger partial charge in [0.05, 0.1) is 6.10 Å². The predicted molar refractivity (Wildman–Crippen MR) is 58.9 cm³/mol. The minimum atomic E-state index is -0.540. The van der Waals surface area contributed by atoms with Crippen molar-refractivity contribution in [3.63, 3.8) is 0 Å². The summed E-state index contributed by atoms with van der Waals surface area (Å²) in [4.78, 5) is 0.523. The topological polar surface area (TPSA) is 52.5 Å². The molecule has 1 aromatic carbocycles. The third kappa shape index (κ3) is 2.90. The van der Waals surface area contributed by atoms with E-state index in [4.69, 9.17) is 0 Å². The molecule has 3 N–H and O–H groups in total. The molecule has 3 nitrogen and oxygen atoms in total. The van der Waals surface area contributed by atoms with E-state index in [0.717, 1.165) is 12.1 Å². The Labute approximate surface area is 89.2 Å². The summed E-state index contributed by atoms with van der Waals surface area (Å²) in [6.45, 7) is 0.741. The molecule has 1 unspecified atom stereocenters. The smallest absolute Gasteiger partial charge is 0.129 e. The molecule has 0 aliphatic heterocycles. The van der Waals surface area contributed by atoms with Gasteiger partial charge in [-0.3, -0.25) is 0 Å². The highest BCUT2D eigenvalue weighted by molar-refractivity contribution is 7.80. The van der Waals surface area contributed by atoms with Gasteiger partial charge in [-0.05, 0) is 37.7 Å². The molecule has 0 radical (unpaired) electrons. The highest BCUT2D eigenvalue weighted by Gasteiger charge is 2.08. The molecule has 1 rings (SSSR count). The van der Waals surface area contributed by atoms with E-state index in [1.807, 2.05) is 7.05 Å². The summed E-state index contributed by atoms with van der Waals surface area (Å²) >= 11 is 4.04. The second-order valence-electron chi connectivity index (χ2n) is 3.16. The van der Waals surface area contributed by atoms with Crippen LogP contribution in [0.1, 0.15) is 18.1 Å². The number of thiol groups is 1. The molecule has 14 heavy (non-hydrogen) atoms. The Morgan fingerprint density at radius 2 is 2.21 bits per heavy atom. The fourth-order valence-electron chi connectivity index (χ4n) is 1.20. The molecule has 1 atom stereocenters. The van der Waals surface area contributed by atoms with Gasteiger partial charge in [0.2, 0.25) is 0 Å². The number of aliphatic hydroxyl groups is 1. The number of hydrogen-bond donors (Lipinski definition) is 4. The quantitative estimate of drug-likeness (QED) is 0.571. The van der Waals surface area contributed by atoms with E-state index < -0.39 is 6.10 Å².